The Labute approximate surface area is 133 Å². The van der Waals surface area contributed by atoms with E-state index in [1.165, 1.54) is 12.3 Å². The van der Waals surface area contributed by atoms with E-state index in [1.54, 1.807) is 11.8 Å². The van der Waals surface area contributed by atoms with Gasteiger partial charge in [0, 0.05) is 6.20 Å². The van der Waals surface area contributed by atoms with Crippen LogP contribution in [0.5, 0.6) is 0 Å². The zero-order valence-electron chi connectivity index (χ0n) is 11.9. The summed E-state index contributed by atoms with van der Waals surface area (Å²) in [5.41, 5.74) is 0. The van der Waals surface area contributed by atoms with Gasteiger partial charge in [0.2, 0.25) is 5.91 Å². The van der Waals surface area contributed by atoms with Crippen molar-refractivity contribution in [3.05, 3.63) is 22.3 Å². The van der Waals surface area contributed by atoms with Crippen molar-refractivity contribution >= 4 is 40.9 Å². The molecule has 1 heterocycles. The summed E-state index contributed by atoms with van der Waals surface area (Å²) in [5.74, 6) is -0.453. The fraction of sp³-hybridized carbons (Fsp3) is 0.462. The summed E-state index contributed by atoms with van der Waals surface area (Å²) in [7, 11) is 0. The first-order chi connectivity index (χ1) is 9.96. The lowest BCUT2D eigenvalue weighted by Gasteiger charge is -2.18. The second kappa shape index (κ2) is 8.81. The van der Waals surface area contributed by atoms with E-state index in [2.05, 4.69) is 10.3 Å². The van der Waals surface area contributed by atoms with Crippen molar-refractivity contribution in [2.45, 2.75) is 13.8 Å². The molecule has 6 nitrogen and oxygen atoms in total. The summed E-state index contributed by atoms with van der Waals surface area (Å²) in [6.07, 6.45) is 1.39. The van der Waals surface area contributed by atoms with E-state index in [0.717, 1.165) is 0 Å². The largest absolute Gasteiger partial charge is 0.465 e. The van der Waals surface area contributed by atoms with E-state index in [4.69, 9.17) is 27.9 Å². The van der Waals surface area contributed by atoms with Crippen molar-refractivity contribution in [2.24, 2.45) is 0 Å². The van der Waals surface area contributed by atoms with E-state index >= 15 is 0 Å². The molecule has 0 aliphatic heterocycles. The monoisotopic (exact) mass is 333 g/mol. The molecule has 0 aliphatic carbocycles. The molecule has 0 unspecified atom stereocenters. The number of rotatable bonds is 7. The molecule has 0 bridgehead atoms. The number of nitrogens with one attached hydrogen (secondary N) is 1. The molecule has 1 aromatic rings. The summed E-state index contributed by atoms with van der Waals surface area (Å²) < 4.78 is 4.85. The molecule has 116 valence electrons. The summed E-state index contributed by atoms with van der Waals surface area (Å²) in [6, 6.07) is 1.49. The molecule has 0 atom stereocenters. The van der Waals surface area contributed by atoms with Crippen LogP contribution in [-0.4, -0.2) is 48.0 Å². The molecule has 0 aromatic carbocycles. The average Bonchev–Trinajstić information content (AvgIpc) is 2.41. The Balaban J connectivity index is 2.56. The number of likely N-dealkylation sites (N-methyl/N-ethyl adjacent to an activating group) is 1. The van der Waals surface area contributed by atoms with Gasteiger partial charge >= 0.3 is 5.97 Å². The normalized spacial score (nSPS) is 10.5. The number of carbonyl (C=O) groups is 2. The number of nitrogens with zero attached hydrogens (tertiary/aromatic N) is 2. The van der Waals surface area contributed by atoms with Gasteiger partial charge < -0.3 is 10.1 Å². The number of hydrogen-bond acceptors (Lipinski definition) is 5. The number of hydrogen-bond donors (Lipinski definition) is 1. The lowest BCUT2D eigenvalue weighted by atomic mass is 10.4. The molecule has 0 fully saturated rings. The number of aromatic nitrogens is 1. The summed E-state index contributed by atoms with van der Waals surface area (Å²) in [4.78, 5) is 28.9. The minimum Gasteiger partial charge on any atom is -0.465 e. The molecule has 1 aromatic heterocycles. The highest BCUT2D eigenvalue weighted by Crippen LogP contribution is 2.22. The molecule has 1 amide bonds. The van der Waals surface area contributed by atoms with Gasteiger partial charge in [0.25, 0.3) is 0 Å². The van der Waals surface area contributed by atoms with E-state index in [9.17, 15) is 9.59 Å². The van der Waals surface area contributed by atoms with Crippen molar-refractivity contribution in [3.8, 4) is 0 Å². The third-order valence-electron chi connectivity index (χ3n) is 2.54. The molecular weight excluding hydrogens is 317 g/mol. The predicted molar refractivity (Wildman–Crippen MR) is 81.6 cm³/mol. The first-order valence-electron chi connectivity index (χ1n) is 6.45. The Morgan fingerprint density at radius 1 is 1.33 bits per heavy atom. The highest BCUT2D eigenvalue weighted by atomic mass is 35.5. The maximum Gasteiger partial charge on any atom is 0.320 e. The van der Waals surface area contributed by atoms with E-state index in [1.807, 2.05) is 6.92 Å². The quantitative estimate of drug-likeness (QED) is 0.774. The maximum absolute atomic E-state index is 11.9. The Morgan fingerprint density at radius 3 is 2.62 bits per heavy atom. The number of pyridine rings is 1. The predicted octanol–water partition coefficient (Wildman–Crippen LogP) is 2.21. The SMILES string of the molecule is CCOC(=O)CN(CC)CC(=O)Nc1ncc(Cl)cc1Cl. The van der Waals surface area contributed by atoms with E-state index < -0.39 is 0 Å². The fourth-order valence-corrected chi connectivity index (χ4v) is 1.98. The lowest BCUT2D eigenvalue weighted by Crippen LogP contribution is -2.37. The van der Waals surface area contributed by atoms with E-state index in [-0.39, 0.29) is 35.8 Å². The minimum atomic E-state index is -0.366. The first kappa shape index (κ1) is 17.7. The van der Waals surface area contributed by atoms with Crippen LogP contribution in [-0.2, 0) is 14.3 Å². The van der Waals surface area contributed by atoms with Gasteiger partial charge in [0.15, 0.2) is 5.82 Å². The van der Waals surface area contributed by atoms with Gasteiger partial charge in [0.05, 0.1) is 29.7 Å². The smallest absolute Gasteiger partial charge is 0.320 e. The Morgan fingerprint density at radius 2 is 2.05 bits per heavy atom. The molecule has 1 N–H and O–H groups in total. The average molecular weight is 334 g/mol. The highest BCUT2D eigenvalue weighted by molar-refractivity contribution is 6.36. The summed E-state index contributed by atoms with van der Waals surface area (Å²) in [6.45, 7) is 4.52. The summed E-state index contributed by atoms with van der Waals surface area (Å²) >= 11 is 11.6. The number of amides is 1. The number of halogens is 2. The van der Waals surface area contributed by atoms with Gasteiger partial charge in [0.1, 0.15) is 0 Å². The second-order valence-electron chi connectivity index (χ2n) is 4.14. The third-order valence-corrected chi connectivity index (χ3v) is 3.03. The van der Waals surface area contributed by atoms with Crippen LogP contribution in [0.25, 0.3) is 0 Å². The summed E-state index contributed by atoms with van der Waals surface area (Å²) in [5, 5.41) is 3.21. The second-order valence-corrected chi connectivity index (χ2v) is 4.98. The number of esters is 1. The highest BCUT2D eigenvalue weighted by Gasteiger charge is 2.15. The molecule has 21 heavy (non-hydrogen) atoms. The van der Waals surface area contributed by atoms with Gasteiger partial charge in [-0.2, -0.15) is 0 Å². The molecular formula is C13H17Cl2N3O3. The van der Waals surface area contributed by atoms with Crippen LogP contribution in [0.2, 0.25) is 10.0 Å². The lowest BCUT2D eigenvalue weighted by molar-refractivity contribution is -0.144. The molecule has 0 aliphatic rings. The zero-order chi connectivity index (χ0) is 15.8. The van der Waals surface area contributed by atoms with Gasteiger partial charge in [-0.25, -0.2) is 4.98 Å². The van der Waals surface area contributed by atoms with E-state index in [0.29, 0.717) is 18.2 Å². The molecule has 0 saturated carbocycles. The third kappa shape index (κ3) is 6.29. The number of anilines is 1. The van der Waals surface area contributed by atoms with Gasteiger partial charge in [-0.1, -0.05) is 30.1 Å². The molecule has 0 saturated heterocycles. The minimum absolute atomic E-state index is 0.0376. The number of carbonyl (C=O) groups excluding carboxylic acids is 2. The van der Waals surface area contributed by atoms with Crippen LogP contribution in [0.1, 0.15) is 13.8 Å². The van der Waals surface area contributed by atoms with Crippen molar-refractivity contribution in [3.63, 3.8) is 0 Å². The topological polar surface area (TPSA) is 71.5 Å². The Kier molecular flexibility index (Phi) is 7.42. The first-order valence-corrected chi connectivity index (χ1v) is 7.20. The van der Waals surface area contributed by atoms with Crippen molar-refractivity contribution in [2.75, 3.05) is 31.6 Å². The van der Waals surface area contributed by atoms with Crippen molar-refractivity contribution < 1.29 is 14.3 Å². The molecule has 0 radical (unpaired) electrons. The van der Waals surface area contributed by atoms with Gasteiger partial charge in [-0.15, -0.1) is 0 Å². The molecule has 1 rings (SSSR count). The molecule has 8 heteroatoms. The maximum atomic E-state index is 11.9. The van der Waals surface area contributed by atoms with Crippen LogP contribution in [0.4, 0.5) is 5.82 Å². The Hall–Kier alpha value is -1.37. The Bertz CT molecular complexity index is 511. The van der Waals surface area contributed by atoms with Crippen molar-refractivity contribution in [1.29, 1.82) is 0 Å². The van der Waals surface area contributed by atoms with Crippen LogP contribution in [0.15, 0.2) is 12.3 Å². The van der Waals surface area contributed by atoms with Crippen LogP contribution in [0, 0.1) is 0 Å². The van der Waals surface area contributed by atoms with Crippen LogP contribution >= 0.6 is 23.2 Å². The number of ether oxygens (including phenoxy) is 1. The fourth-order valence-electron chi connectivity index (χ4n) is 1.55. The van der Waals surface area contributed by atoms with Crippen molar-refractivity contribution in [1.82, 2.24) is 9.88 Å². The zero-order valence-corrected chi connectivity index (χ0v) is 13.4. The standard InChI is InChI=1S/C13H17Cl2N3O3/c1-3-18(8-12(20)21-4-2)7-11(19)17-13-10(15)5-9(14)6-16-13/h5-6H,3-4,7-8H2,1-2H3,(H,16,17,19). The van der Waals surface area contributed by atoms with Crippen LogP contribution < -0.4 is 5.32 Å². The van der Waals surface area contributed by atoms with Crippen LogP contribution in [0.3, 0.4) is 0 Å². The van der Waals surface area contributed by atoms with Gasteiger partial charge in [-0.05, 0) is 19.5 Å². The van der Waals surface area contributed by atoms with Gasteiger partial charge in [-0.3, -0.25) is 14.5 Å². The molecule has 0 spiro atoms.